The third kappa shape index (κ3) is 3.90. The van der Waals surface area contributed by atoms with Crippen molar-refractivity contribution in [3.8, 4) is 0 Å². The van der Waals surface area contributed by atoms with Crippen molar-refractivity contribution in [2.75, 3.05) is 4.72 Å². The molecule has 0 unspecified atom stereocenters. The second-order valence-electron chi connectivity index (χ2n) is 4.15. The van der Waals surface area contributed by atoms with Gasteiger partial charge in [0.2, 0.25) is 0 Å². The van der Waals surface area contributed by atoms with E-state index in [1.165, 1.54) is 18.2 Å². The van der Waals surface area contributed by atoms with Crippen LogP contribution in [0.15, 0.2) is 45.8 Å². The Labute approximate surface area is 140 Å². The van der Waals surface area contributed by atoms with E-state index in [9.17, 15) is 8.42 Å². The number of nitrogens with one attached hydrogen (secondary N) is 1. The van der Waals surface area contributed by atoms with Gasteiger partial charge in [0.1, 0.15) is 0 Å². The maximum absolute atomic E-state index is 12.3. The second-order valence-corrected chi connectivity index (χ2v) is 7.50. The van der Waals surface area contributed by atoms with Gasteiger partial charge in [0, 0.05) is 9.50 Å². The van der Waals surface area contributed by atoms with Crippen LogP contribution in [0.3, 0.4) is 0 Å². The van der Waals surface area contributed by atoms with E-state index in [4.69, 9.17) is 28.3 Å². The van der Waals surface area contributed by atoms with Crippen LogP contribution in [0.1, 0.15) is 5.56 Å². The number of benzene rings is 2. The minimum atomic E-state index is -3.77. The quantitative estimate of drug-likeness (QED) is 0.798. The van der Waals surface area contributed by atoms with Crippen LogP contribution in [0, 0.1) is 0 Å². The molecular formula is C13H10BrCl2NO3S. The van der Waals surface area contributed by atoms with Gasteiger partial charge < -0.3 is 5.11 Å². The number of sulfonamides is 1. The Balaban J connectivity index is 2.33. The summed E-state index contributed by atoms with van der Waals surface area (Å²) in [6, 6.07) is 8.82. The molecule has 0 saturated carbocycles. The molecule has 0 saturated heterocycles. The van der Waals surface area contributed by atoms with E-state index in [-0.39, 0.29) is 16.5 Å². The Morgan fingerprint density at radius 2 is 1.81 bits per heavy atom. The lowest BCUT2D eigenvalue weighted by atomic mass is 10.2. The summed E-state index contributed by atoms with van der Waals surface area (Å²) in [5.41, 5.74) is 0.832. The van der Waals surface area contributed by atoms with Gasteiger partial charge in [-0.2, -0.15) is 0 Å². The summed E-state index contributed by atoms with van der Waals surface area (Å²) >= 11 is 15.0. The number of hydrogen-bond donors (Lipinski definition) is 2. The highest BCUT2D eigenvalue weighted by Gasteiger charge is 2.16. The smallest absolute Gasteiger partial charge is 0.261 e. The van der Waals surface area contributed by atoms with Gasteiger partial charge >= 0.3 is 0 Å². The lowest BCUT2D eigenvalue weighted by molar-refractivity contribution is 0.282. The number of hydrogen-bond acceptors (Lipinski definition) is 3. The second kappa shape index (κ2) is 6.54. The van der Waals surface area contributed by atoms with Gasteiger partial charge in [-0.15, -0.1) is 0 Å². The summed E-state index contributed by atoms with van der Waals surface area (Å²) < 4.78 is 27.5. The fraction of sp³-hybridized carbons (Fsp3) is 0.0769. The topological polar surface area (TPSA) is 66.4 Å². The first kappa shape index (κ1) is 16.6. The molecule has 2 aromatic rings. The maximum atomic E-state index is 12.3. The number of aliphatic hydroxyl groups excluding tert-OH is 1. The standard InChI is InChI=1S/C13H10BrCl2NO3S/c14-11-5-9(2-4-12(11)15)17-21(19,20)10-3-1-8(7-18)13(16)6-10/h1-6,17-18H,7H2. The predicted octanol–water partition coefficient (Wildman–Crippen LogP) is 4.05. The van der Waals surface area contributed by atoms with Crippen molar-refractivity contribution < 1.29 is 13.5 Å². The molecule has 0 spiro atoms. The van der Waals surface area contributed by atoms with Gasteiger partial charge in [0.25, 0.3) is 10.0 Å². The van der Waals surface area contributed by atoms with Crippen LogP contribution >= 0.6 is 39.1 Å². The van der Waals surface area contributed by atoms with Crippen LogP contribution in [0.2, 0.25) is 10.0 Å². The van der Waals surface area contributed by atoms with Gasteiger partial charge in [-0.3, -0.25) is 4.72 Å². The number of anilines is 1. The summed E-state index contributed by atoms with van der Waals surface area (Å²) in [6.45, 7) is -0.253. The predicted molar refractivity (Wildman–Crippen MR) is 87.3 cm³/mol. The first-order valence-corrected chi connectivity index (χ1v) is 8.74. The van der Waals surface area contributed by atoms with Crippen LogP contribution in [0.25, 0.3) is 0 Å². The Hall–Kier alpha value is -0.790. The van der Waals surface area contributed by atoms with Gasteiger partial charge in [-0.25, -0.2) is 8.42 Å². The molecule has 21 heavy (non-hydrogen) atoms. The van der Waals surface area contributed by atoms with E-state index in [0.29, 0.717) is 20.7 Å². The van der Waals surface area contributed by atoms with E-state index < -0.39 is 10.0 Å². The molecule has 4 nitrogen and oxygen atoms in total. The molecule has 0 atom stereocenters. The number of aliphatic hydroxyl groups is 1. The van der Waals surface area contributed by atoms with Crippen molar-refractivity contribution in [1.29, 1.82) is 0 Å². The highest BCUT2D eigenvalue weighted by Crippen LogP contribution is 2.28. The fourth-order valence-corrected chi connectivity index (χ4v) is 3.47. The zero-order chi connectivity index (χ0) is 15.6. The molecule has 8 heteroatoms. The zero-order valence-electron chi connectivity index (χ0n) is 10.5. The molecule has 0 amide bonds. The largest absolute Gasteiger partial charge is 0.392 e. The maximum Gasteiger partial charge on any atom is 0.261 e. The molecular weight excluding hydrogens is 401 g/mol. The summed E-state index contributed by atoms with van der Waals surface area (Å²) in [7, 11) is -3.77. The van der Waals surface area contributed by atoms with Crippen molar-refractivity contribution >= 4 is 54.8 Å². The van der Waals surface area contributed by atoms with E-state index in [1.54, 1.807) is 18.2 Å². The normalized spacial score (nSPS) is 11.4. The van der Waals surface area contributed by atoms with Crippen LogP contribution in [0.4, 0.5) is 5.69 Å². The molecule has 0 aromatic heterocycles. The van der Waals surface area contributed by atoms with Crippen LogP contribution in [-0.4, -0.2) is 13.5 Å². The third-order valence-corrected chi connectivity index (χ3v) is 5.62. The molecule has 0 aliphatic rings. The molecule has 0 aliphatic carbocycles. The van der Waals surface area contributed by atoms with Crippen molar-refractivity contribution in [3.05, 3.63) is 56.5 Å². The minimum absolute atomic E-state index is 0.00997. The van der Waals surface area contributed by atoms with Gasteiger partial charge in [-0.1, -0.05) is 29.3 Å². The van der Waals surface area contributed by atoms with Crippen LogP contribution in [0.5, 0.6) is 0 Å². The van der Waals surface area contributed by atoms with E-state index in [0.717, 1.165) is 0 Å². The fourth-order valence-electron chi connectivity index (χ4n) is 1.60. The first-order valence-electron chi connectivity index (χ1n) is 5.70. The molecule has 2 N–H and O–H groups in total. The molecule has 2 aromatic carbocycles. The summed E-state index contributed by atoms with van der Waals surface area (Å²) in [5.74, 6) is 0. The summed E-state index contributed by atoms with van der Waals surface area (Å²) in [4.78, 5) is 0.00997. The SMILES string of the molecule is O=S(=O)(Nc1ccc(Cl)c(Br)c1)c1ccc(CO)c(Cl)c1. The average Bonchev–Trinajstić information content (AvgIpc) is 2.42. The molecule has 0 fully saturated rings. The van der Waals surface area contributed by atoms with E-state index in [1.807, 2.05) is 0 Å². The van der Waals surface area contributed by atoms with E-state index in [2.05, 4.69) is 20.7 Å². The number of rotatable bonds is 4. The van der Waals surface area contributed by atoms with Crippen molar-refractivity contribution in [3.63, 3.8) is 0 Å². The summed E-state index contributed by atoms with van der Waals surface area (Å²) in [6.07, 6.45) is 0. The lowest BCUT2D eigenvalue weighted by Crippen LogP contribution is -2.13. The van der Waals surface area contributed by atoms with Gasteiger partial charge in [0.15, 0.2) is 0 Å². The average molecular weight is 411 g/mol. The Morgan fingerprint density at radius 3 is 2.38 bits per heavy atom. The van der Waals surface area contributed by atoms with Gasteiger partial charge in [0.05, 0.1) is 22.2 Å². The van der Waals surface area contributed by atoms with Crippen LogP contribution in [-0.2, 0) is 16.6 Å². The highest BCUT2D eigenvalue weighted by molar-refractivity contribution is 9.10. The zero-order valence-corrected chi connectivity index (χ0v) is 14.4. The molecule has 0 aliphatic heterocycles. The molecule has 112 valence electrons. The lowest BCUT2D eigenvalue weighted by Gasteiger charge is -2.10. The molecule has 0 bridgehead atoms. The minimum Gasteiger partial charge on any atom is -0.392 e. The highest BCUT2D eigenvalue weighted by atomic mass is 79.9. The van der Waals surface area contributed by atoms with E-state index >= 15 is 0 Å². The summed E-state index contributed by atoms with van der Waals surface area (Å²) in [5, 5.41) is 9.71. The molecule has 0 radical (unpaired) electrons. The Morgan fingerprint density at radius 1 is 1.10 bits per heavy atom. The monoisotopic (exact) mass is 409 g/mol. The molecule has 0 heterocycles. The van der Waals surface area contributed by atoms with Crippen molar-refractivity contribution in [2.45, 2.75) is 11.5 Å². The van der Waals surface area contributed by atoms with Gasteiger partial charge in [-0.05, 0) is 51.8 Å². The van der Waals surface area contributed by atoms with Crippen molar-refractivity contribution in [2.24, 2.45) is 0 Å². The Kier molecular flexibility index (Phi) is 5.16. The number of halogens is 3. The first-order chi connectivity index (χ1) is 9.83. The van der Waals surface area contributed by atoms with Crippen molar-refractivity contribution in [1.82, 2.24) is 0 Å². The Bertz CT molecular complexity index is 781. The van der Waals surface area contributed by atoms with Crippen LogP contribution < -0.4 is 4.72 Å². The molecule has 2 rings (SSSR count). The third-order valence-electron chi connectivity index (χ3n) is 2.68.